The maximum absolute atomic E-state index is 11.5. The first kappa shape index (κ1) is 10.9. The molecule has 2 fully saturated rings. The summed E-state index contributed by atoms with van der Waals surface area (Å²) in [5, 5.41) is 3.53. The fraction of sp³-hybridized carbons (Fsp3) is 0.909. The fourth-order valence-electron chi connectivity index (χ4n) is 2.35. The summed E-state index contributed by atoms with van der Waals surface area (Å²) in [6.07, 6.45) is 3.90. The maximum Gasteiger partial charge on any atom is 0.236 e. The van der Waals surface area contributed by atoms with Crippen molar-refractivity contribution in [3.8, 4) is 0 Å². The van der Waals surface area contributed by atoms with E-state index in [0.717, 1.165) is 26.2 Å². The number of hydrogen-bond acceptors (Lipinski definition) is 3. The number of amides is 1. The van der Waals surface area contributed by atoms with Gasteiger partial charge in [0.25, 0.3) is 0 Å². The van der Waals surface area contributed by atoms with Crippen LogP contribution in [0, 0.1) is 0 Å². The Labute approximate surface area is 91.6 Å². The van der Waals surface area contributed by atoms with Crippen LogP contribution in [-0.2, 0) is 4.79 Å². The maximum atomic E-state index is 11.5. The van der Waals surface area contributed by atoms with Crippen LogP contribution >= 0.6 is 0 Å². The van der Waals surface area contributed by atoms with Crippen molar-refractivity contribution in [3.05, 3.63) is 0 Å². The predicted octanol–water partition coefficient (Wildman–Crippen LogP) is -0.0975. The highest BCUT2D eigenvalue weighted by atomic mass is 16.2. The second-order valence-electron chi connectivity index (χ2n) is 4.70. The van der Waals surface area contributed by atoms with Crippen LogP contribution in [0.15, 0.2) is 0 Å². The molecule has 1 N–H and O–H groups in total. The number of carbonyl (C=O) groups is 1. The zero-order chi connectivity index (χ0) is 10.7. The van der Waals surface area contributed by atoms with Crippen molar-refractivity contribution in [2.45, 2.75) is 25.3 Å². The molecule has 1 atom stereocenters. The zero-order valence-corrected chi connectivity index (χ0v) is 9.54. The molecular formula is C11H21N3O. The highest BCUT2D eigenvalue weighted by Crippen LogP contribution is 2.10. The van der Waals surface area contributed by atoms with Crippen molar-refractivity contribution in [3.63, 3.8) is 0 Å². The smallest absolute Gasteiger partial charge is 0.236 e. The van der Waals surface area contributed by atoms with Gasteiger partial charge in [-0.15, -0.1) is 0 Å². The van der Waals surface area contributed by atoms with Gasteiger partial charge < -0.3 is 10.2 Å². The highest BCUT2D eigenvalue weighted by molar-refractivity contribution is 5.78. The van der Waals surface area contributed by atoms with Gasteiger partial charge in [-0.05, 0) is 19.4 Å². The number of hydrogen-bond donors (Lipinski definition) is 1. The van der Waals surface area contributed by atoms with Gasteiger partial charge in [0, 0.05) is 32.7 Å². The number of likely N-dealkylation sites (N-methyl/N-ethyl adjacent to an activating group) is 1. The zero-order valence-electron chi connectivity index (χ0n) is 9.54. The van der Waals surface area contributed by atoms with Gasteiger partial charge in [0.2, 0.25) is 5.91 Å². The highest BCUT2D eigenvalue weighted by Gasteiger charge is 2.23. The van der Waals surface area contributed by atoms with E-state index in [2.05, 4.69) is 10.2 Å². The number of nitrogens with zero attached hydrogens (tertiary/aromatic N) is 2. The van der Waals surface area contributed by atoms with E-state index in [-0.39, 0.29) is 5.91 Å². The van der Waals surface area contributed by atoms with E-state index in [4.69, 9.17) is 0 Å². The van der Waals surface area contributed by atoms with Crippen molar-refractivity contribution in [2.24, 2.45) is 0 Å². The SMILES string of the molecule is CN1CCN(CC2CCCCN2)CC1=O. The summed E-state index contributed by atoms with van der Waals surface area (Å²) in [7, 11) is 1.89. The molecule has 1 unspecified atom stereocenters. The molecule has 0 bridgehead atoms. The molecule has 2 aliphatic rings. The summed E-state index contributed by atoms with van der Waals surface area (Å²) in [6.45, 7) is 4.70. The van der Waals surface area contributed by atoms with Crippen molar-refractivity contribution in [1.82, 2.24) is 15.1 Å². The molecule has 1 amide bonds. The van der Waals surface area contributed by atoms with Crippen molar-refractivity contribution in [1.29, 1.82) is 0 Å². The van der Waals surface area contributed by atoms with Gasteiger partial charge in [0.05, 0.1) is 6.54 Å². The third-order valence-electron chi connectivity index (χ3n) is 3.43. The first-order valence-electron chi connectivity index (χ1n) is 5.95. The quantitative estimate of drug-likeness (QED) is 0.693. The second-order valence-corrected chi connectivity index (χ2v) is 4.70. The lowest BCUT2D eigenvalue weighted by atomic mass is 10.0. The first-order chi connectivity index (χ1) is 7.25. The number of piperidine rings is 1. The Hall–Kier alpha value is -0.610. The van der Waals surface area contributed by atoms with Crippen molar-refractivity contribution < 1.29 is 4.79 Å². The summed E-state index contributed by atoms with van der Waals surface area (Å²) in [5.41, 5.74) is 0. The van der Waals surface area contributed by atoms with Crippen LogP contribution in [0.25, 0.3) is 0 Å². The molecule has 0 aliphatic carbocycles. The average molecular weight is 211 g/mol. The molecule has 0 radical (unpaired) electrons. The molecule has 2 heterocycles. The van der Waals surface area contributed by atoms with Gasteiger partial charge in [-0.3, -0.25) is 9.69 Å². The minimum Gasteiger partial charge on any atom is -0.343 e. The van der Waals surface area contributed by atoms with E-state index >= 15 is 0 Å². The van der Waals surface area contributed by atoms with E-state index in [1.165, 1.54) is 19.3 Å². The monoisotopic (exact) mass is 211 g/mol. The van der Waals surface area contributed by atoms with Gasteiger partial charge >= 0.3 is 0 Å². The Morgan fingerprint density at radius 3 is 2.93 bits per heavy atom. The topological polar surface area (TPSA) is 35.6 Å². The molecule has 0 spiro atoms. The molecule has 0 aromatic heterocycles. The molecule has 4 heteroatoms. The lowest BCUT2D eigenvalue weighted by Gasteiger charge is -2.35. The van der Waals surface area contributed by atoms with Gasteiger partial charge in [-0.1, -0.05) is 6.42 Å². The van der Waals surface area contributed by atoms with Gasteiger partial charge in [-0.25, -0.2) is 0 Å². The van der Waals surface area contributed by atoms with Crippen LogP contribution in [-0.4, -0.2) is 61.5 Å². The average Bonchev–Trinajstić information content (AvgIpc) is 2.25. The molecule has 2 saturated heterocycles. The summed E-state index contributed by atoms with van der Waals surface area (Å²) in [6, 6.07) is 0.606. The molecule has 4 nitrogen and oxygen atoms in total. The third kappa shape index (κ3) is 2.92. The van der Waals surface area contributed by atoms with E-state index in [0.29, 0.717) is 12.6 Å². The van der Waals surface area contributed by atoms with Crippen LogP contribution < -0.4 is 5.32 Å². The van der Waals surface area contributed by atoms with Crippen LogP contribution in [0.1, 0.15) is 19.3 Å². The van der Waals surface area contributed by atoms with Crippen molar-refractivity contribution in [2.75, 3.05) is 39.8 Å². The minimum atomic E-state index is 0.261. The van der Waals surface area contributed by atoms with Crippen LogP contribution in [0.2, 0.25) is 0 Å². The Bertz CT molecular complexity index is 226. The minimum absolute atomic E-state index is 0.261. The lowest BCUT2D eigenvalue weighted by Crippen LogP contribution is -2.52. The van der Waals surface area contributed by atoms with Crippen LogP contribution in [0.3, 0.4) is 0 Å². The van der Waals surface area contributed by atoms with Gasteiger partial charge in [0.1, 0.15) is 0 Å². The Balaban J connectivity index is 1.77. The van der Waals surface area contributed by atoms with E-state index in [9.17, 15) is 4.79 Å². The molecular weight excluding hydrogens is 190 g/mol. The lowest BCUT2D eigenvalue weighted by molar-refractivity contribution is -0.134. The first-order valence-corrected chi connectivity index (χ1v) is 5.95. The van der Waals surface area contributed by atoms with Crippen LogP contribution in [0.5, 0.6) is 0 Å². The van der Waals surface area contributed by atoms with Gasteiger partial charge in [0.15, 0.2) is 0 Å². The summed E-state index contributed by atoms with van der Waals surface area (Å²) in [4.78, 5) is 15.6. The molecule has 2 rings (SSSR count). The van der Waals surface area contributed by atoms with E-state index in [1.807, 2.05) is 11.9 Å². The summed E-state index contributed by atoms with van der Waals surface area (Å²) in [5.74, 6) is 0.261. The number of nitrogens with one attached hydrogen (secondary N) is 1. The normalized spacial score (nSPS) is 29.5. The standard InChI is InChI=1S/C11H21N3O/c1-13-6-7-14(9-11(13)15)8-10-4-2-3-5-12-10/h10,12H,2-9H2,1H3. The number of carbonyl (C=O) groups excluding carboxylic acids is 1. The largest absolute Gasteiger partial charge is 0.343 e. The molecule has 86 valence electrons. The molecule has 0 saturated carbocycles. The van der Waals surface area contributed by atoms with E-state index in [1.54, 1.807) is 0 Å². The fourth-order valence-corrected chi connectivity index (χ4v) is 2.35. The van der Waals surface area contributed by atoms with Crippen LogP contribution in [0.4, 0.5) is 0 Å². The molecule has 15 heavy (non-hydrogen) atoms. The number of piperazine rings is 1. The molecule has 0 aromatic rings. The molecule has 0 aromatic carbocycles. The van der Waals surface area contributed by atoms with Crippen molar-refractivity contribution >= 4 is 5.91 Å². The Morgan fingerprint density at radius 1 is 1.40 bits per heavy atom. The van der Waals surface area contributed by atoms with Gasteiger partial charge in [-0.2, -0.15) is 0 Å². The molecule has 2 aliphatic heterocycles. The summed E-state index contributed by atoms with van der Waals surface area (Å²) < 4.78 is 0. The predicted molar refractivity (Wildman–Crippen MR) is 59.7 cm³/mol. The summed E-state index contributed by atoms with van der Waals surface area (Å²) >= 11 is 0. The third-order valence-corrected chi connectivity index (χ3v) is 3.43. The van der Waals surface area contributed by atoms with E-state index < -0.39 is 0 Å². The second kappa shape index (κ2) is 4.94. The number of rotatable bonds is 2. The Morgan fingerprint density at radius 2 is 2.27 bits per heavy atom. The Kier molecular flexibility index (Phi) is 3.59.